The lowest BCUT2D eigenvalue weighted by Gasteiger charge is -2.36. The average molecular weight is 352 g/mol. The van der Waals surface area contributed by atoms with Gasteiger partial charge in [-0.1, -0.05) is 6.42 Å². The fraction of sp³-hybridized carbons (Fsp3) is 0.933. The van der Waals surface area contributed by atoms with Crippen molar-refractivity contribution in [1.29, 1.82) is 0 Å². The topological polar surface area (TPSA) is 94.1 Å². The third-order valence-electron chi connectivity index (χ3n) is 4.34. The lowest BCUT2D eigenvalue weighted by Crippen LogP contribution is -2.53. The molecule has 2 amide bonds. The van der Waals surface area contributed by atoms with Gasteiger partial charge in [-0.2, -0.15) is 0 Å². The minimum atomic E-state index is -0.719. The molecule has 0 saturated carbocycles. The van der Waals surface area contributed by atoms with E-state index in [1.165, 1.54) is 6.42 Å². The van der Waals surface area contributed by atoms with Crippen molar-refractivity contribution < 1.29 is 19.7 Å². The second kappa shape index (κ2) is 9.64. The highest BCUT2D eigenvalue weighted by atomic mass is 35.5. The Labute approximate surface area is 144 Å². The Morgan fingerprint density at radius 2 is 1.91 bits per heavy atom. The van der Waals surface area contributed by atoms with E-state index in [0.717, 1.165) is 25.9 Å². The molecule has 0 aliphatic carbocycles. The van der Waals surface area contributed by atoms with E-state index in [-0.39, 0.29) is 43.2 Å². The van der Waals surface area contributed by atoms with Crippen LogP contribution in [0.4, 0.5) is 4.79 Å². The van der Waals surface area contributed by atoms with E-state index >= 15 is 0 Å². The molecule has 2 fully saturated rings. The number of halogens is 1. The number of nitrogens with zero attached hydrogens (tertiary/aromatic N) is 1. The number of hydrogen-bond acceptors (Lipinski definition) is 5. The number of likely N-dealkylation sites (tertiary alicyclic amines) is 1. The van der Waals surface area contributed by atoms with Crippen LogP contribution in [0.15, 0.2) is 0 Å². The first-order valence-corrected chi connectivity index (χ1v) is 8.25. The first-order chi connectivity index (χ1) is 10.5. The van der Waals surface area contributed by atoms with Crippen molar-refractivity contribution in [2.75, 3.05) is 26.2 Å². The molecule has 0 aromatic heterocycles. The Bertz CT molecular complexity index is 367. The van der Waals surface area contributed by atoms with Crippen LogP contribution < -0.4 is 10.6 Å². The number of piperidine rings is 1. The molecule has 7 nitrogen and oxygen atoms in total. The zero-order valence-corrected chi connectivity index (χ0v) is 14.7. The van der Waals surface area contributed by atoms with Crippen LogP contribution in [-0.4, -0.2) is 77.8 Å². The molecule has 0 spiro atoms. The van der Waals surface area contributed by atoms with E-state index in [0.29, 0.717) is 6.54 Å². The molecular formula is C15H30ClN3O4. The largest absolute Gasteiger partial charge is 0.394 e. The van der Waals surface area contributed by atoms with E-state index < -0.39 is 12.2 Å². The van der Waals surface area contributed by atoms with E-state index in [4.69, 9.17) is 4.74 Å². The second-order valence-corrected chi connectivity index (χ2v) is 6.48. The van der Waals surface area contributed by atoms with Crippen LogP contribution in [0.1, 0.15) is 33.1 Å². The molecule has 0 aromatic carbocycles. The lowest BCUT2D eigenvalue weighted by atomic mass is 9.99. The molecular weight excluding hydrogens is 322 g/mol. The Hall–Kier alpha value is -0.600. The zero-order valence-electron chi connectivity index (χ0n) is 13.9. The number of amides is 2. The molecule has 2 heterocycles. The Morgan fingerprint density at radius 3 is 2.48 bits per heavy atom. The van der Waals surface area contributed by atoms with E-state index in [1.54, 1.807) is 0 Å². The fourth-order valence-electron chi connectivity index (χ4n) is 3.32. The first-order valence-electron chi connectivity index (χ1n) is 8.25. The highest BCUT2D eigenvalue weighted by Crippen LogP contribution is 2.27. The van der Waals surface area contributed by atoms with Crippen molar-refractivity contribution in [2.45, 2.75) is 63.5 Å². The molecule has 0 unspecified atom stereocenters. The summed E-state index contributed by atoms with van der Waals surface area (Å²) in [5.41, 5.74) is 0. The van der Waals surface area contributed by atoms with Crippen LogP contribution in [0.3, 0.4) is 0 Å². The highest BCUT2D eigenvalue weighted by molar-refractivity contribution is 5.85. The normalized spacial score (nSPS) is 31.7. The summed E-state index contributed by atoms with van der Waals surface area (Å²) in [5.74, 6) is 0. The number of aliphatic hydroxyl groups excluding tert-OH is 2. The van der Waals surface area contributed by atoms with Gasteiger partial charge in [-0.15, -0.1) is 12.4 Å². The molecule has 4 atom stereocenters. The van der Waals surface area contributed by atoms with Gasteiger partial charge in [-0.3, -0.25) is 4.90 Å². The maximum Gasteiger partial charge on any atom is 0.315 e. The molecule has 0 radical (unpaired) electrons. The predicted molar refractivity (Wildman–Crippen MR) is 89.9 cm³/mol. The molecule has 2 saturated heterocycles. The van der Waals surface area contributed by atoms with Crippen LogP contribution >= 0.6 is 12.4 Å². The Balaban J connectivity index is 0.00000264. The molecule has 0 bridgehead atoms. The average Bonchev–Trinajstić information content (AvgIpc) is 2.81. The number of aliphatic hydroxyl groups is 2. The van der Waals surface area contributed by atoms with Gasteiger partial charge in [0.2, 0.25) is 0 Å². The molecule has 2 rings (SSSR count). The first kappa shape index (κ1) is 20.4. The van der Waals surface area contributed by atoms with E-state index in [9.17, 15) is 15.0 Å². The number of urea groups is 1. The number of nitrogens with one attached hydrogen (secondary N) is 2. The van der Waals surface area contributed by atoms with Crippen molar-refractivity contribution >= 4 is 18.4 Å². The Kier molecular flexibility index (Phi) is 8.57. The van der Waals surface area contributed by atoms with Crippen molar-refractivity contribution in [3.05, 3.63) is 0 Å². The van der Waals surface area contributed by atoms with Crippen LogP contribution in [0.25, 0.3) is 0 Å². The minimum Gasteiger partial charge on any atom is -0.394 e. The Morgan fingerprint density at radius 1 is 1.26 bits per heavy atom. The summed E-state index contributed by atoms with van der Waals surface area (Å²) in [6.07, 6.45) is 1.84. The third kappa shape index (κ3) is 5.46. The van der Waals surface area contributed by atoms with Crippen LogP contribution in [-0.2, 0) is 4.74 Å². The van der Waals surface area contributed by atoms with Crippen molar-refractivity contribution in [2.24, 2.45) is 0 Å². The van der Waals surface area contributed by atoms with Gasteiger partial charge in [0.15, 0.2) is 0 Å². The molecule has 136 valence electrons. The van der Waals surface area contributed by atoms with E-state index in [1.807, 2.05) is 13.8 Å². The lowest BCUT2D eigenvalue weighted by molar-refractivity contribution is -0.0206. The maximum absolute atomic E-state index is 11.7. The van der Waals surface area contributed by atoms with Crippen LogP contribution in [0.2, 0.25) is 0 Å². The molecule has 23 heavy (non-hydrogen) atoms. The number of hydrogen-bond donors (Lipinski definition) is 4. The van der Waals surface area contributed by atoms with Gasteiger partial charge in [0.1, 0.15) is 12.2 Å². The smallest absolute Gasteiger partial charge is 0.315 e. The van der Waals surface area contributed by atoms with Gasteiger partial charge in [0.25, 0.3) is 0 Å². The van der Waals surface area contributed by atoms with Gasteiger partial charge in [0.05, 0.1) is 18.8 Å². The second-order valence-electron chi connectivity index (χ2n) is 6.48. The molecule has 4 N–H and O–H groups in total. The molecule has 2 aliphatic rings. The van der Waals surface area contributed by atoms with Crippen molar-refractivity contribution in [3.63, 3.8) is 0 Å². The summed E-state index contributed by atoms with van der Waals surface area (Å²) >= 11 is 0. The van der Waals surface area contributed by atoms with Gasteiger partial charge < -0.3 is 25.6 Å². The van der Waals surface area contributed by atoms with Gasteiger partial charge >= 0.3 is 6.03 Å². The number of carbonyl (C=O) groups excluding carboxylic acids is 1. The fourth-order valence-corrected chi connectivity index (χ4v) is 3.32. The minimum absolute atomic E-state index is 0. The molecule has 8 heteroatoms. The summed E-state index contributed by atoms with van der Waals surface area (Å²) in [4.78, 5) is 14.0. The summed E-state index contributed by atoms with van der Waals surface area (Å²) in [6.45, 7) is 5.77. The molecule has 0 aromatic rings. The predicted octanol–water partition coefficient (Wildman–Crippen LogP) is 0.0909. The summed E-state index contributed by atoms with van der Waals surface area (Å²) in [6, 6.07) is -0.340. The summed E-state index contributed by atoms with van der Waals surface area (Å²) < 4.78 is 5.76. The SMILES string of the molecule is CC(C)NC(=O)NC[C@H]1O[C@@H](CO)[C@@H](O)[C@H]1N1CCCCC1.Cl. The monoisotopic (exact) mass is 351 g/mol. The van der Waals surface area contributed by atoms with Crippen molar-refractivity contribution in [3.8, 4) is 0 Å². The number of carbonyl (C=O) groups is 1. The third-order valence-corrected chi connectivity index (χ3v) is 4.34. The van der Waals surface area contributed by atoms with Crippen molar-refractivity contribution in [1.82, 2.24) is 15.5 Å². The highest BCUT2D eigenvalue weighted by Gasteiger charge is 2.46. The number of rotatable bonds is 5. The quantitative estimate of drug-likeness (QED) is 0.563. The van der Waals surface area contributed by atoms with Gasteiger partial charge in [0, 0.05) is 12.6 Å². The maximum atomic E-state index is 11.7. The summed E-state index contributed by atoms with van der Waals surface area (Å²) in [7, 11) is 0. The van der Waals surface area contributed by atoms with Gasteiger partial charge in [-0.05, 0) is 39.8 Å². The standard InChI is InChI=1S/C15H29N3O4.ClH/c1-10(2)17-15(21)16-8-11-13(14(20)12(9-19)22-11)18-6-4-3-5-7-18;/h10-14,19-20H,3-9H2,1-2H3,(H2,16,17,21);1H/t11-,12+,13+,14-;/m1./s1. The van der Waals surface area contributed by atoms with E-state index in [2.05, 4.69) is 15.5 Å². The van der Waals surface area contributed by atoms with Crippen LogP contribution in [0.5, 0.6) is 0 Å². The van der Waals surface area contributed by atoms with Crippen LogP contribution in [0, 0.1) is 0 Å². The van der Waals surface area contributed by atoms with Gasteiger partial charge in [-0.25, -0.2) is 4.79 Å². The zero-order chi connectivity index (χ0) is 16.1. The number of ether oxygens (including phenoxy) is 1. The molecule has 2 aliphatic heterocycles. The summed E-state index contributed by atoms with van der Waals surface area (Å²) in [5, 5.41) is 25.4.